The molecule has 0 saturated carbocycles. The fraction of sp³-hybridized carbons (Fsp3) is 0.462. The largest absolute Gasteiger partial charge is 0.416 e. The molecule has 1 rings (SSSR count). The Morgan fingerprint density at radius 2 is 1.78 bits per heavy atom. The average Bonchev–Trinajstić information content (AvgIpc) is 2.24. The minimum atomic E-state index is -4.31. The number of nitrogens with zero attached hydrogens (tertiary/aromatic N) is 1. The highest BCUT2D eigenvalue weighted by molar-refractivity contribution is 7.99. The van der Waals surface area contributed by atoms with Crippen LogP contribution in [-0.2, 0) is 6.18 Å². The van der Waals surface area contributed by atoms with Crippen molar-refractivity contribution in [3.8, 4) is 0 Å². The standard InChI is InChI=1S/C13H16F3NS/c1-9(17-18-12(2,3)4)10-6-5-7-11(8-10)13(14,15)16/h5-8H,1-4H3. The molecule has 100 valence electrons. The summed E-state index contributed by atoms with van der Waals surface area (Å²) in [5.74, 6) is 0. The van der Waals surface area contributed by atoms with Gasteiger partial charge < -0.3 is 0 Å². The maximum atomic E-state index is 12.6. The van der Waals surface area contributed by atoms with Crippen molar-refractivity contribution in [1.82, 2.24) is 0 Å². The number of hydrogen-bond donors (Lipinski definition) is 0. The van der Waals surface area contributed by atoms with Crippen LogP contribution in [0, 0.1) is 0 Å². The average molecular weight is 275 g/mol. The van der Waals surface area contributed by atoms with E-state index in [9.17, 15) is 13.2 Å². The van der Waals surface area contributed by atoms with Crippen molar-refractivity contribution in [3.63, 3.8) is 0 Å². The number of benzene rings is 1. The Morgan fingerprint density at radius 1 is 1.17 bits per heavy atom. The van der Waals surface area contributed by atoms with Crippen LogP contribution in [0.5, 0.6) is 0 Å². The van der Waals surface area contributed by atoms with Gasteiger partial charge in [0, 0.05) is 4.75 Å². The summed E-state index contributed by atoms with van der Waals surface area (Å²) in [4.78, 5) is 0. The van der Waals surface area contributed by atoms with Crippen LogP contribution in [0.3, 0.4) is 0 Å². The van der Waals surface area contributed by atoms with Gasteiger partial charge in [0.2, 0.25) is 0 Å². The molecule has 0 aliphatic heterocycles. The van der Waals surface area contributed by atoms with Crippen molar-refractivity contribution in [3.05, 3.63) is 35.4 Å². The molecule has 1 nitrogen and oxygen atoms in total. The van der Waals surface area contributed by atoms with Gasteiger partial charge in [-0.3, -0.25) is 0 Å². The molecule has 0 aliphatic carbocycles. The van der Waals surface area contributed by atoms with E-state index in [-0.39, 0.29) is 4.75 Å². The first-order chi connectivity index (χ1) is 8.09. The zero-order valence-corrected chi connectivity index (χ0v) is 11.6. The third-order valence-corrected chi connectivity index (χ3v) is 2.98. The molecule has 0 spiro atoms. The lowest BCUT2D eigenvalue weighted by atomic mass is 10.1. The Hall–Kier alpha value is -0.970. The highest BCUT2D eigenvalue weighted by atomic mass is 32.2. The normalized spacial score (nSPS) is 13.8. The predicted octanol–water partition coefficient (Wildman–Crippen LogP) is 4.96. The Balaban J connectivity index is 2.97. The van der Waals surface area contributed by atoms with Crippen LogP contribution in [0.25, 0.3) is 0 Å². The molecule has 1 aromatic carbocycles. The molecule has 1 aromatic rings. The molecule has 0 radical (unpaired) electrons. The van der Waals surface area contributed by atoms with Gasteiger partial charge in [0.1, 0.15) is 0 Å². The Kier molecular flexibility index (Phi) is 4.48. The van der Waals surface area contributed by atoms with Crippen molar-refractivity contribution >= 4 is 17.7 Å². The van der Waals surface area contributed by atoms with Gasteiger partial charge in [-0.2, -0.15) is 13.2 Å². The maximum absolute atomic E-state index is 12.6. The fourth-order valence-electron chi connectivity index (χ4n) is 1.18. The molecule has 0 atom stereocenters. The Morgan fingerprint density at radius 3 is 2.28 bits per heavy atom. The van der Waals surface area contributed by atoms with E-state index < -0.39 is 11.7 Å². The third-order valence-electron chi connectivity index (χ3n) is 2.06. The summed E-state index contributed by atoms with van der Waals surface area (Å²) in [5, 5.41) is 0. The summed E-state index contributed by atoms with van der Waals surface area (Å²) >= 11 is 1.36. The molecule has 5 heteroatoms. The van der Waals surface area contributed by atoms with E-state index in [0.29, 0.717) is 11.3 Å². The van der Waals surface area contributed by atoms with Crippen LogP contribution in [0.2, 0.25) is 0 Å². The first-order valence-corrected chi connectivity index (χ1v) is 6.27. The molecule has 0 amide bonds. The third kappa shape index (κ3) is 4.72. The molecule has 0 unspecified atom stereocenters. The summed E-state index contributed by atoms with van der Waals surface area (Å²) in [6, 6.07) is 5.23. The smallest absolute Gasteiger partial charge is 0.220 e. The van der Waals surface area contributed by atoms with Crippen molar-refractivity contribution in [2.45, 2.75) is 38.6 Å². The summed E-state index contributed by atoms with van der Waals surface area (Å²) in [6.07, 6.45) is -4.31. The van der Waals surface area contributed by atoms with Crippen LogP contribution in [0.15, 0.2) is 28.7 Å². The highest BCUT2D eigenvalue weighted by Crippen LogP contribution is 2.30. The van der Waals surface area contributed by atoms with Gasteiger partial charge >= 0.3 is 6.18 Å². The van der Waals surface area contributed by atoms with E-state index in [0.717, 1.165) is 12.1 Å². The van der Waals surface area contributed by atoms with Gasteiger partial charge in [-0.1, -0.05) is 12.1 Å². The van der Waals surface area contributed by atoms with Crippen LogP contribution in [0.4, 0.5) is 13.2 Å². The zero-order chi connectivity index (χ0) is 14.0. The summed E-state index contributed by atoms with van der Waals surface area (Å²) in [5.41, 5.74) is 0.456. The van der Waals surface area contributed by atoms with Gasteiger partial charge in [-0.15, -0.1) is 0 Å². The number of halogens is 3. The molecule has 0 aromatic heterocycles. The molecule has 0 fully saturated rings. The molecular formula is C13H16F3NS. The van der Waals surface area contributed by atoms with Crippen LogP contribution >= 0.6 is 11.9 Å². The van der Waals surface area contributed by atoms with Crippen molar-refractivity contribution in [2.24, 2.45) is 4.40 Å². The second-order valence-electron chi connectivity index (χ2n) is 4.96. The number of hydrogen-bond acceptors (Lipinski definition) is 2. The number of rotatable bonds is 2. The molecular weight excluding hydrogens is 259 g/mol. The Bertz CT molecular complexity index is 444. The van der Waals surface area contributed by atoms with E-state index >= 15 is 0 Å². The van der Waals surface area contributed by atoms with E-state index in [4.69, 9.17) is 0 Å². The van der Waals surface area contributed by atoms with Crippen molar-refractivity contribution < 1.29 is 13.2 Å². The molecule has 0 heterocycles. The monoisotopic (exact) mass is 275 g/mol. The molecule has 0 bridgehead atoms. The minimum Gasteiger partial charge on any atom is -0.220 e. The topological polar surface area (TPSA) is 12.4 Å². The summed E-state index contributed by atoms with van der Waals surface area (Å²) in [6.45, 7) is 7.72. The number of alkyl halides is 3. The van der Waals surface area contributed by atoms with Crippen molar-refractivity contribution in [2.75, 3.05) is 0 Å². The second-order valence-corrected chi connectivity index (χ2v) is 6.55. The van der Waals surface area contributed by atoms with E-state index in [1.165, 1.54) is 18.0 Å². The van der Waals surface area contributed by atoms with Crippen molar-refractivity contribution in [1.29, 1.82) is 0 Å². The van der Waals surface area contributed by atoms with Gasteiger partial charge in [-0.05, 0) is 57.3 Å². The minimum absolute atomic E-state index is 0.0527. The first-order valence-electron chi connectivity index (χ1n) is 5.50. The van der Waals surface area contributed by atoms with Crippen LogP contribution in [0.1, 0.15) is 38.8 Å². The van der Waals surface area contributed by atoms with Crippen LogP contribution < -0.4 is 0 Å². The van der Waals surface area contributed by atoms with Gasteiger partial charge in [-0.25, -0.2) is 4.40 Å². The summed E-state index contributed by atoms with van der Waals surface area (Å²) < 4.78 is 41.9. The zero-order valence-electron chi connectivity index (χ0n) is 10.8. The van der Waals surface area contributed by atoms with E-state index in [2.05, 4.69) is 4.40 Å². The SMILES string of the molecule is CC(=NSC(C)(C)C)c1cccc(C(F)(F)F)c1. The summed E-state index contributed by atoms with van der Waals surface area (Å²) in [7, 11) is 0. The Labute approximate surface area is 110 Å². The predicted molar refractivity (Wildman–Crippen MR) is 71.0 cm³/mol. The van der Waals surface area contributed by atoms with E-state index in [1.54, 1.807) is 13.0 Å². The molecule has 0 aliphatic rings. The van der Waals surface area contributed by atoms with Crippen LogP contribution in [-0.4, -0.2) is 10.5 Å². The van der Waals surface area contributed by atoms with Gasteiger partial charge in [0.15, 0.2) is 0 Å². The highest BCUT2D eigenvalue weighted by Gasteiger charge is 2.30. The quantitative estimate of drug-likeness (QED) is 0.549. The van der Waals surface area contributed by atoms with Gasteiger partial charge in [0.05, 0.1) is 11.3 Å². The lowest BCUT2D eigenvalue weighted by Crippen LogP contribution is -2.08. The second kappa shape index (κ2) is 5.34. The fourth-order valence-corrected chi connectivity index (χ4v) is 1.69. The van der Waals surface area contributed by atoms with Gasteiger partial charge in [0.25, 0.3) is 0 Å². The lowest BCUT2D eigenvalue weighted by molar-refractivity contribution is -0.137. The molecule has 0 saturated heterocycles. The first kappa shape index (κ1) is 15.1. The lowest BCUT2D eigenvalue weighted by Gasteiger charge is -2.14. The maximum Gasteiger partial charge on any atom is 0.416 e. The molecule has 18 heavy (non-hydrogen) atoms. The molecule has 0 N–H and O–H groups in total. The van der Waals surface area contributed by atoms with E-state index in [1.807, 2.05) is 20.8 Å².